The fourth-order valence-corrected chi connectivity index (χ4v) is 6.66. The summed E-state index contributed by atoms with van der Waals surface area (Å²) in [6.07, 6.45) is 4.12. The largest absolute Gasteiger partial charge is 0.272 e. The zero-order valence-electron chi connectivity index (χ0n) is 19.4. The quantitative estimate of drug-likeness (QED) is 0.121. The van der Waals surface area contributed by atoms with Gasteiger partial charge in [0, 0.05) is 14.4 Å². The van der Waals surface area contributed by atoms with Gasteiger partial charge in [0.2, 0.25) is 0 Å². The molecule has 2 aromatic heterocycles. The van der Waals surface area contributed by atoms with Crippen LogP contribution in [0.2, 0.25) is 5.02 Å². The van der Waals surface area contributed by atoms with Crippen molar-refractivity contribution in [1.29, 1.82) is 0 Å². The van der Waals surface area contributed by atoms with Crippen LogP contribution in [-0.2, 0) is 17.6 Å². The SMILES string of the molecule is CC(=NNC(=O)CSc1nc2sc3c(c2c(=O)n1-c1ccc(Br)cc1)CCCC3)c1ccc(Cl)cc1. The lowest BCUT2D eigenvalue weighted by Gasteiger charge is -2.13. The van der Waals surface area contributed by atoms with Crippen molar-refractivity contribution >= 4 is 72.5 Å². The summed E-state index contributed by atoms with van der Waals surface area (Å²) < 4.78 is 2.54. The Morgan fingerprint density at radius 2 is 1.89 bits per heavy atom. The molecule has 0 saturated heterocycles. The van der Waals surface area contributed by atoms with Gasteiger partial charge in [-0.05, 0) is 80.1 Å². The molecule has 0 atom stereocenters. The highest BCUT2D eigenvalue weighted by atomic mass is 79.9. The van der Waals surface area contributed by atoms with E-state index in [1.54, 1.807) is 28.0 Å². The molecule has 0 radical (unpaired) electrons. The van der Waals surface area contributed by atoms with Crippen LogP contribution in [0.15, 0.2) is 68.1 Å². The second-order valence-electron chi connectivity index (χ2n) is 8.43. The Bertz CT molecular complexity index is 1530. The minimum absolute atomic E-state index is 0.0664. The molecule has 184 valence electrons. The Labute approximate surface area is 229 Å². The van der Waals surface area contributed by atoms with E-state index in [2.05, 4.69) is 26.5 Å². The van der Waals surface area contributed by atoms with Gasteiger partial charge < -0.3 is 0 Å². The molecule has 2 aromatic carbocycles. The first kappa shape index (κ1) is 25.2. The molecule has 4 aromatic rings. The van der Waals surface area contributed by atoms with Crippen molar-refractivity contribution in [1.82, 2.24) is 15.0 Å². The van der Waals surface area contributed by atoms with Crippen LogP contribution in [0, 0.1) is 0 Å². The first-order valence-electron chi connectivity index (χ1n) is 11.5. The molecule has 0 saturated carbocycles. The molecule has 0 unspecified atom stereocenters. The highest BCUT2D eigenvalue weighted by Gasteiger charge is 2.23. The molecule has 1 amide bonds. The molecule has 0 bridgehead atoms. The predicted molar refractivity (Wildman–Crippen MR) is 152 cm³/mol. The van der Waals surface area contributed by atoms with Gasteiger partial charge in [0.1, 0.15) is 4.83 Å². The fourth-order valence-electron chi connectivity index (χ4n) is 4.17. The average Bonchev–Trinajstić information content (AvgIpc) is 3.26. The van der Waals surface area contributed by atoms with E-state index in [1.807, 2.05) is 43.3 Å². The van der Waals surface area contributed by atoms with Crippen molar-refractivity contribution in [3.63, 3.8) is 0 Å². The maximum atomic E-state index is 13.8. The molecular formula is C26H22BrClN4O2S2. The highest BCUT2D eigenvalue weighted by Crippen LogP contribution is 2.35. The van der Waals surface area contributed by atoms with Crippen molar-refractivity contribution in [2.45, 2.75) is 37.8 Å². The second-order valence-corrected chi connectivity index (χ2v) is 11.8. The molecule has 1 aliphatic rings. The second kappa shape index (κ2) is 10.9. The van der Waals surface area contributed by atoms with E-state index in [0.29, 0.717) is 21.6 Å². The summed E-state index contributed by atoms with van der Waals surface area (Å²) in [4.78, 5) is 33.3. The van der Waals surface area contributed by atoms with E-state index in [9.17, 15) is 9.59 Å². The van der Waals surface area contributed by atoms with Crippen LogP contribution in [0.4, 0.5) is 0 Å². The number of halogens is 2. The minimum atomic E-state index is -0.282. The Morgan fingerprint density at radius 3 is 2.64 bits per heavy atom. The minimum Gasteiger partial charge on any atom is -0.272 e. The molecule has 0 fully saturated rings. The van der Waals surface area contributed by atoms with Gasteiger partial charge in [-0.2, -0.15) is 5.10 Å². The van der Waals surface area contributed by atoms with E-state index in [1.165, 1.54) is 16.6 Å². The lowest BCUT2D eigenvalue weighted by atomic mass is 9.97. The molecule has 6 nitrogen and oxygen atoms in total. The van der Waals surface area contributed by atoms with E-state index in [0.717, 1.165) is 51.5 Å². The van der Waals surface area contributed by atoms with Crippen molar-refractivity contribution in [3.8, 4) is 5.69 Å². The molecule has 5 rings (SSSR count). The average molecular weight is 602 g/mol. The number of hydrogen-bond acceptors (Lipinski definition) is 6. The van der Waals surface area contributed by atoms with E-state index in [4.69, 9.17) is 16.6 Å². The van der Waals surface area contributed by atoms with Gasteiger partial charge in [-0.1, -0.05) is 51.4 Å². The molecule has 0 aliphatic heterocycles. The number of aromatic nitrogens is 2. The lowest BCUT2D eigenvalue weighted by Crippen LogP contribution is -2.24. The highest BCUT2D eigenvalue weighted by molar-refractivity contribution is 9.10. The number of rotatable bonds is 6. The van der Waals surface area contributed by atoms with Gasteiger partial charge in [-0.25, -0.2) is 10.4 Å². The first-order chi connectivity index (χ1) is 17.4. The number of carbonyl (C=O) groups is 1. The maximum absolute atomic E-state index is 13.8. The number of nitrogens with zero attached hydrogens (tertiary/aromatic N) is 3. The third-order valence-electron chi connectivity index (χ3n) is 5.99. The third-order valence-corrected chi connectivity index (χ3v) is 8.89. The molecule has 36 heavy (non-hydrogen) atoms. The van der Waals surface area contributed by atoms with Gasteiger partial charge in [0.25, 0.3) is 11.5 Å². The fraction of sp³-hybridized carbons (Fsp3) is 0.231. The summed E-state index contributed by atoms with van der Waals surface area (Å²) in [6, 6.07) is 14.8. The normalized spacial score (nSPS) is 13.6. The number of hydrazone groups is 1. The maximum Gasteiger partial charge on any atom is 0.267 e. The van der Waals surface area contributed by atoms with Crippen LogP contribution in [0.25, 0.3) is 15.9 Å². The zero-order chi connectivity index (χ0) is 25.2. The monoisotopic (exact) mass is 600 g/mol. The van der Waals surface area contributed by atoms with Crippen molar-refractivity contribution in [2.24, 2.45) is 5.10 Å². The summed E-state index contributed by atoms with van der Waals surface area (Å²) in [6.45, 7) is 1.82. The standard InChI is InChI=1S/C26H22BrClN4O2S2/c1-15(16-6-10-18(28)11-7-16)30-31-22(33)14-35-26-29-24-23(20-4-2-3-5-21(20)36-24)25(34)32(26)19-12-8-17(27)9-13-19/h6-13H,2-5,14H2,1H3,(H,31,33). The van der Waals surface area contributed by atoms with E-state index < -0.39 is 0 Å². The molecular weight excluding hydrogens is 580 g/mol. The summed E-state index contributed by atoms with van der Waals surface area (Å²) >= 11 is 12.2. The Balaban J connectivity index is 1.43. The number of aryl methyl sites for hydroxylation is 2. The zero-order valence-corrected chi connectivity index (χ0v) is 23.4. The van der Waals surface area contributed by atoms with Crippen molar-refractivity contribution in [2.75, 3.05) is 5.75 Å². The summed E-state index contributed by atoms with van der Waals surface area (Å²) in [5.74, 6) is -0.216. The van der Waals surface area contributed by atoms with E-state index in [-0.39, 0.29) is 17.2 Å². The summed E-state index contributed by atoms with van der Waals surface area (Å²) in [5.41, 5.74) is 5.91. The number of thioether (sulfide) groups is 1. The van der Waals surface area contributed by atoms with Crippen molar-refractivity contribution < 1.29 is 4.79 Å². The molecule has 1 N–H and O–H groups in total. The van der Waals surface area contributed by atoms with Gasteiger partial charge in [-0.3, -0.25) is 14.2 Å². The van der Waals surface area contributed by atoms with Crippen LogP contribution in [0.1, 0.15) is 35.8 Å². The number of nitrogens with one attached hydrogen (secondary N) is 1. The van der Waals surface area contributed by atoms with Gasteiger partial charge in [0.05, 0.1) is 22.5 Å². The molecule has 10 heteroatoms. The molecule has 0 spiro atoms. The number of fused-ring (bicyclic) bond motifs is 3. The number of amides is 1. The van der Waals surface area contributed by atoms with Crippen LogP contribution >= 0.6 is 50.6 Å². The van der Waals surface area contributed by atoms with Crippen molar-refractivity contribution in [3.05, 3.63) is 84.4 Å². The lowest BCUT2D eigenvalue weighted by molar-refractivity contribution is -0.118. The Morgan fingerprint density at radius 1 is 1.17 bits per heavy atom. The topological polar surface area (TPSA) is 76.3 Å². The van der Waals surface area contributed by atoms with Crippen LogP contribution in [-0.4, -0.2) is 26.9 Å². The van der Waals surface area contributed by atoms with Gasteiger partial charge in [0.15, 0.2) is 5.16 Å². The summed E-state index contributed by atoms with van der Waals surface area (Å²) in [5, 5.41) is 6.05. The van der Waals surface area contributed by atoms with Crippen LogP contribution in [0.3, 0.4) is 0 Å². The first-order valence-corrected chi connectivity index (χ1v) is 14.4. The van der Waals surface area contributed by atoms with Gasteiger partial charge in [-0.15, -0.1) is 11.3 Å². The number of hydrogen-bond donors (Lipinski definition) is 1. The smallest absolute Gasteiger partial charge is 0.267 e. The van der Waals surface area contributed by atoms with Crippen LogP contribution < -0.4 is 11.0 Å². The molecule has 2 heterocycles. The number of benzene rings is 2. The Kier molecular flexibility index (Phi) is 7.62. The molecule has 1 aliphatic carbocycles. The third kappa shape index (κ3) is 5.29. The van der Waals surface area contributed by atoms with Gasteiger partial charge >= 0.3 is 0 Å². The summed E-state index contributed by atoms with van der Waals surface area (Å²) in [7, 11) is 0. The number of carbonyl (C=O) groups excluding carboxylic acids is 1. The van der Waals surface area contributed by atoms with E-state index >= 15 is 0 Å². The van der Waals surface area contributed by atoms with Crippen LogP contribution in [0.5, 0.6) is 0 Å². The Hall–Kier alpha value is -2.46. The predicted octanol–water partition coefficient (Wildman–Crippen LogP) is 6.37. The number of thiophene rings is 1.